The second kappa shape index (κ2) is 6.06. The summed E-state index contributed by atoms with van der Waals surface area (Å²) >= 11 is 0. The number of anilines is 1. The molecule has 1 aromatic carbocycles. The van der Waals surface area contributed by atoms with E-state index < -0.39 is 0 Å². The van der Waals surface area contributed by atoms with E-state index in [4.69, 9.17) is 5.26 Å². The number of carbonyl (C=O) groups is 1. The Morgan fingerprint density at radius 3 is 2.67 bits per heavy atom. The number of hydrogen-bond donors (Lipinski definition) is 2. The van der Waals surface area contributed by atoms with Gasteiger partial charge in [-0.05, 0) is 38.0 Å². The molecule has 0 saturated carbocycles. The van der Waals surface area contributed by atoms with Gasteiger partial charge in [0.15, 0.2) is 0 Å². The lowest BCUT2D eigenvalue weighted by atomic mass is 10.0. The molecule has 0 saturated heterocycles. The summed E-state index contributed by atoms with van der Waals surface area (Å²) < 4.78 is 0. The molecule has 0 aliphatic rings. The molecule has 1 rings (SSSR count). The molecule has 2 N–H and O–H groups in total. The second-order valence-corrected chi connectivity index (χ2v) is 4.36. The maximum atomic E-state index is 12.2. The quantitative estimate of drug-likeness (QED) is 0.856. The molecule has 96 valence electrons. The maximum absolute atomic E-state index is 12.2. The van der Waals surface area contributed by atoms with Crippen molar-refractivity contribution in [3.8, 4) is 6.07 Å². The average Bonchev–Trinajstić information content (AvgIpc) is 2.37. The lowest BCUT2D eigenvalue weighted by Gasteiger charge is -2.16. The molecule has 0 fully saturated rings. The van der Waals surface area contributed by atoms with Crippen LogP contribution in [0.15, 0.2) is 12.1 Å². The van der Waals surface area contributed by atoms with E-state index >= 15 is 0 Å². The van der Waals surface area contributed by atoms with E-state index in [1.54, 1.807) is 19.2 Å². The monoisotopic (exact) mass is 245 g/mol. The Labute approximate surface area is 108 Å². The van der Waals surface area contributed by atoms with Crippen LogP contribution in [0.25, 0.3) is 0 Å². The van der Waals surface area contributed by atoms with E-state index in [9.17, 15) is 4.79 Å². The summed E-state index contributed by atoms with van der Waals surface area (Å²) in [7, 11) is 1.77. The minimum Gasteiger partial charge on any atom is -0.387 e. The molecule has 0 aromatic heterocycles. The highest BCUT2D eigenvalue weighted by Crippen LogP contribution is 2.22. The SMILES string of the molecule is CCC(C)NC(=O)c1cc(C#N)cc(C)c1NC. The molecule has 4 heteroatoms. The van der Waals surface area contributed by atoms with Crippen molar-refractivity contribution < 1.29 is 4.79 Å². The minimum atomic E-state index is -0.145. The fourth-order valence-corrected chi connectivity index (χ4v) is 1.77. The summed E-state index contributed by atoms with van der Waals surface area (Å²) in [6, 6.07) is 5.58. The predicted octanol–water partition coefficient (Wildman–Crippen LogP) is 2.44. The first-order valence-corrected chi connectivity index (χ1v) is 6.06. The summed E-state index contributed by atoms with van der Waals surface area (Å²) in [6.07, 6.45) is 0.873. The fraction of sp³-hybridized carbons (Fsp3) is 0.429. The average molecular weight is 245 g/mol. The Balaban J connectivity index is 3.17. The summed E-state index contributed by atoms with van der Waals surface area (Å²) in [4.78, 5) is 12.2. The number of carbonyl (C=O) groups excluding carboxylic acids is 1. The number of rotatable bonds is 4. The standard InChI is InChI=1S/C14H19N3O/c1-5-10(3)17-14(18)12-7-11(8-15)6-9(2)13(12)16-4/h6-7,10,16H,5H2,1-4H3,(H,17,18). The van der Waals surface area contributed by atoms with Crippen molar-refractivity contribution in [3.63, 3.8) is 0 Å². The highest BCUT2D eigenvalue weighted by molar-refractivity contribution is 6.00. The Hall–Kier alpha value is -2.02. The van der Waals surface area contributed by atoms with Gasteiger partial charge in [0.1, 0.15) is 0 Å². The molecule has 1 atom stereocenters. The summed E-state index contributed by atoms with van der Waals surface area (Å²) in [5, 5.41) is 14.9. The van der Waals surface area contributed by atoms with Crippen LogP contribution in [-0.4, -0.2) is 19.0 Å². The van der Waals surface area contributed by atoms with Crippen LogP contribution in [0, 0.1) is 18.3 Å². The number of nitrogens with one attached hydrogen (secondary N) is 2. The highest BCUT2D eigenvalue weighted by atomic mass is 16.1. The van der Waals surface area contributed by atoms with Gasteiger partial charge < -0.3 is 10.6 Å². The zero-order chi connectivity index (χ0) is 13.7. The molecule has 1 amide bonds. The molecule has 0 bridgehead atoms. The van der Waals surface area contributed by atoms with Gasteiger partial charge in [-0.3, -0.25) is 4.79 Å². The Morgan fingerprint density at radius 2 is 2.17 bits per heavy atom. The van der Waals surface area contributed by atoms with Crippen molar-refractivity contribution in [2.45, 2.75) is 33.2 Å². The van der Waals surface area contributed by atoms with Gasteiger partial charge in [0.25, 0.3) is 5.91 Å². The first-order chi connectivity index (χ1) is 8.53. The first kappa shape index (κ1) is 14.0. The van der Waals surface area contributed by atoms with Gasteiger partial charge in [-0.25, -0.2) is 0 Å². The van der Waals surface area contributed by atoms with Crippen LogP contribution in [-0.2, 0) is 0 Å². The molecule has 1 aromatic rings. The number of benzene rings is 1. The molecule has 1 unspecified atom stereocenters. The topological polar surface area (TPSA) is 64.9 Å². The first-order valence-electron chi connectivity index (χ1n) is 6.06. The van der Waals surface area contributed by atoms with E-state index in [0.717, 1.165) is 17.7 Å². The third-order valence-corrected chi connectivity index (χ3v) is 2.95. The van der Waals surface area contributed by atoms with Gasteiger partial charge in [0, 0.05) is 18.8 Å². The molecule has 0 aliphatic carbocycles. The minimum absolute atomic E-state index is 0.119. The van der Waals surface area contributed by atoms with E-state index in [2.05, 4.69) is 16.7 Å². The Kier molecular flexibility index (Phi) is 4.73. The Bertz CT molecular complexity index is 489. The lowest BCUT2D eigenvalue weighted by molar-refractivity contribution is 0.0940. The third kappa shape index (κ3) is 3.01. The van der Waals surface area contributed by atoms with Gasteiger partial charge in [-0.15, -0.1) is 0 Å². The molecule has 0 heterocycles. The molecule has 18 heavy (non-hydrogen) atoms. The number of hydrogen-bond acceptors (Lipinski definition) is 3. The van der Waals surface area contributed by atoms with E-state index in [1.165, 1.54) is 0 Å². The molecule has 0 radical (unpaired) electrons. The van der Waals surface area contributed by atoms with Crippen LogP contribution in [0.5, 0.6) is 0 Å². The predicted molar refractivity (Wildman–Crippen MR) is 72.7 cm³/mol. The third-order valence-electron chi connectivity index (χ3n) is 2.95. The molecule has 0 spiro atoms. The maximum Gasteiger partial charge on any atom is 0.253 e. The van der Waals surface area contributed by atoms with Crippen molar-refractivity contribution in [1.82, 2.24) is 5.32 Å². The van der Waals surface area contributed by atoms with Crippen LogP contribution < -0.4 is 10.6 Å². The number of nitriles is 1. The van der Waals surface area contributed by atoms with E-state index in [0.29, 0.717) is 11.1 Å². The molecule has 4 nitrogen and oxygen atoms in total. The summed E-state index contributed by atoms with van der Waals surface area (Å²) in [6.45, 7) is 5.85. The number of nitrogens with zero attached hydrogens (tertiary/aromatic N) is 1. The van der Waals surface area contributed by atoms with Crippen LogP contribution in [0.4, 0.5) is 5.69 Å². The van der Waals surface area contributed by atoms with Gasteiger partial charge in [0.05, 0.1) is 17.2 Å². The zero-order valence-corrected chi connectivity index (χ0v) is 11.3. The van der Waals surface area contributed by atoms with Gasteiger partial charge in [0.2, 0.25) is 0 Å². The van der Waals surface area contributed by atoms with Crippen molar-refractivity contribution in [3.05, 3.63) is 28.8 Å². The van der Waals surface area contributed by atoms with Crippen molar-refractivity contribution >= 4 is 11.6 Å². The van der Waals surface area contributed by atoms with Gasteiger partial charge in [-0.2, -0.15) is 5.26 Å². The highest BCUT2D eigenvalue weighted by Gasteiger charge is 2.15. The van der Waals surface area contributed by atoms with Crippen molar-refractivity contribution in [1.29, 1.82) is 5.26 Å². The molecular formula is C14H19N3O. The van der Waals surface area contributed by atoms with Crippen molar-refractivity contribution in [2.24, 2.45) is 0 Å². The van der Waals surface area contributed by atoms with Crippen LogP contribution >= 0.6 is 0 Å². The van der Waals surface area contributed by atoms with Crippen LogP contribution in [0.3, 0.4) is 0 Å². The molecule has 0 aliphatic heterocycles. The number of aryl methyl sites for hydroxylation is 1. The van der Waals surface area contributed by atoms with E-state index in [-0.39, 0.29) is 11.9 Å². The van der Waals surface area contributed by atoms with Gasteiger partial charge in [-0.1, -0.05) is 6.92 Å². The van der Waals surface area contributed by atoms with E-state index in [1.807, 2.05) is 20.8 Å². The second-order valence-electron chi connectivity index (χ2n) is 4.36. The Morgan fingerprint density at radius 1 is 1.50 bits per heavy atom. The van der Waals surface area contributed by atoms with Crippen LogP contribution in [0.1, 0.15) is 41.8 Å². The normalized spacial score (nSPS) is 11.5. The summed E-state index contributed by atoms with van der Waals surface area (Å²) in [5.41, 5.74) is 2.69. The van der Waals surface area contributed by atoms with Crippen LogP contribution in [0.2, 0.25) is 0 Å². The lowest BCUT2D eigenvalue weighted by Crippen LogP contribution is -2.32. The molecular weight excluding hydrogens is 226 g/mol. The van der Waals surface area contributed by atoms with Crippen molar-refractivity contribution in [2.75, 3.05) is 12.4 Å². The van der Waals surface area contributed by atoms with Gasteiger partial charge >= 0.3 is 0 Å². The largest absolute Gasteiger partial charge is 0.387 e. The summed E-state index contributed by atoms with van der Waals surface area (Å²) in [5.74, 6) is -0.145. The zero-order valence-electron chi connectivity index (χ0n) is 11.3. The fourth-order valence-electron chi connectivity index (χ4n) is 1.77. The number of amides is 1. The smallest absolute Gasteiger partial charge is 0.253 e.